The Bertz CT molecular complexity index is 91.2. The van der Waals surface area contributed by atoms with Crippen molar-refractivity contribution in [1.82, 2.24) is 4.90 Å². The average molecular weight is 201 g/mol. The number of unbranched alkanes of at least 4 members (excludes halogenated alkanes) is 2. The Labute approximate surface area is 91.9 Å². The molecule has 0 aromatic carbocycles. The van der Waals surface area contributed by atoms with Gasteiger partial charge in [-0.05, 0) is 33.4 Å². The first-order valence-electron chi connectivity index (χ1n) is 6.42. The lowest BCUT2D eigenvalue weighted by molar-refractivity contribution is 0.240. The van der Waals surface area contributed by atoms with Crippen molar-refractivity contribution in [3.8, 4) is 0 Å². The first kappa shape index (κ1) is 16.4. The van der Waals surface area contributed by atoms with Gasteiger partial charge in [-0.25, -0.2) is 0 Å². The molecule has 0 saturated carbocycles. The van der Waals surface area contributed by atoms with Crippen molar-refractivity contribution in [1.29, 1.82) is 0 Å². The first-order valence-corrected chi connectivity index (χ1v) is 6.42. The van der Waals surface area contributed by atoms with Gasteiger partial charge < -0.3 is 4.90 Å². The minimum absolute atomic E-state index is 0.770. The quantitative estimate of drug-likeness (QED) is 0.554. The lowest BCUT2D eigenvalue weighted by atomic mass is 10.1. The molecule has 0 saturated heterocycles. The summed E-state index contributed by atoms with van der Waals surface area (Å²) in [7, 11) is 2.25. The summed E-state index contributed by atoms with van der Waals surface area (Å²) in [6.07, 6.45) is 6.71. The van der Waals surface area contributed by atoms with Crippen LogP contribution in [-0.2, 0) is 0 Å². The molecule has 0 N–H and O–H groups in total. The Kier molecular flexibility index (Phi) is 15.2. The van der Waals surface area contributed by atoms with Crippen LogP contribution in [0.15, 0.2) is 0 Å². The minimum atomic E-state index is 0.770. The molecule has 0 rings (SSSR count). The highest BCUT2D eigenvalue weighted by molar-refractivity contribution is 4.61. The van der Waals surface area contributed by atoms with Crippen molar-refractivity contribution in [3.05, 3.63) is 0 Å². The highest BCUT2D eigenvalue weighted by Crippen LogP contribution is 2.05. The normalized spacial score (nSPS) is 12.2. The molecule has 1 nitrogen and oxygen atoms in total. The Morgan fingerprint density at radius 2 is 1.57 bits per heavy atom. The zero-order chi connectivity index (χ0) is 11.4. The van der Waals surface area contributed by atoms with Crippen LogP contribution < -0.4 is 0 Å². The molecule has 0 radical (unpaired) electrons. The van der Waals surface area contributed by atoms with Gasteiger partial charge in [0.2, 0.25) is 0 Å². The fourth-order valence-electron chi connectivity index (χ4n) is 1.47. The molecule has 0 bridgehead atoms. The summed E-state index contributed by atoms with van der Waals surface area (Å²) in [5, 5.41) is 0. The maximum Gasteiger partial charge on any atom is 0.00637 e. The van der Waals surface area contributed by atoms with Crippen LogP contribution >= 0.6 is 0 Å². The molecule has 1 unspecified atom stereocenters. The van der Waals surface area contributed by atoms with Gasteiger partial charge in [0.15, 0.2) is 0 Å². The second-order valence-corrected chi connectivity index (χ2v) is 3.83. The van der Waals surface area contributed by atoms with E-state index >= 15 is 0 Å². The van der Waals surface area contributed by atoms with E-state index in [1.165, 1.54) is 38.6 Å². The highest BCUT2D eigenvalue weighted by atomic mass is 15.1. The van der Waals surface area contributed by atoms with Crippen LogP contribution in [0.3, 0.4) is 0 Å². The molecular formula is C13H31N. The first-order chi connectivity index (χ1) is 6.72. The highest BCUT2D eigenvalue weighted by Gasteiger charge is 2.06. The summed E-state index contributed by atoms with van der Waals surface area (Å²) < 4.78 is 0. The van der Waals surface area contributed by atoms with Crippen LogP contribution in [0, 0.1) is 0 Å². The number of hydrogen-bond acceptors (Lipinski definition) is 1. The van der Waals surface area contributed by atoms with Gasteiger partial charge in [0.05, 0.1) is 0 Å². The molecule has 0 fully saturated rings. The van der Waals surface area contributed by atoms with Gasteiger partial charge >= 0.3 is 0 Å². The SMILES string of the molecule is CC.CCCCCN(C)C(C)CCC. The van der Waals surface area contributed by atoms with Crippen LogP contribution in [0.25, 0.3) is 0 Å². The lowest BCUT2D eigenvalue weighted by Gasteiger charge is -2.24. The van der Waals surface area contributed by atoms with E-state index in [-0.39, 0.29) is 0 Å². The Balaban J connectivity index is 0. The minimum Gasteiger partial charge on any atom is -0.304 e. The van der Waals surface area contributed by atoms with E-state index in [0.717, 1.165) is 6.04 Å². The molecule has 1 heteroatoms. The fourth-order valence-corrected chi connectivity index (χ4v) is 1.47. The van der Waals surface area contributed by atoms with Gasteiger partial charge in [0.1, 0.15) is 0 Å². The molecule has 0 amide bonds. The van der Waals surface area contributed by atoms with Crippen LogP contribution in [0.5, 0.6) is 0 Å². The van der Waals surface area contributed by atoms with Gasteiger partial charge in [0.25, 0.3) is 0 Å². The van der Waals surface area contributed by atoms with E-state index < -0.39 is 0 Å². The third-order valence-electron chi connectivity index (χ3n) is 2.57. The van der Waals surface area contributed by atoms with Crippen LogP contribution in [0.4, 0.5) is 0 Å². The zero-order valence-corrected chi connectivity index (χ0v) is 11.3. The van der Waals surface area contributed by atoms with Gasteiger partial charge in [-0.2, -0.15) is 0 Å². The zero-order valence-electron chi connectivity index (χ0n) is 11.3. The van der Waals surface area contributed by atoms with E-state index in [9.17, 15) is 0 Å². The Hall–Kier alpha value is -0.0400. The molecule has 14 heavy (non-hydrogen) atoms. The van der Waals surface area contributed by atoms with Crippen molar-refractivity contribution in [2.24, 2.45) is 0 Å². The van der Waals surface area contributed by atoms with Gasteiger partial charge in [-0.15, -0.1) is 0 Å². The maximum absolute atomic E-state index is 2.49. The van der Waals surface area contributed by atoms with Gasteiger partial charge in [0, 0.05) is 6.04 Å². The van der Waals surface area contributed by atoms with Crippen LogP contribution in [0.1, 0.15) is 66.7 Å². The monoisotopic (exact) mass is 201 g/mol. The molecule has 0 aliphatic carbocycles. The third-order valence-corrected chi connectivity index (χ3v) is 2.57. The second kappa shape index (κ2) is 13.0. The Morgan fingerprint density at radius 3 is 2.00 bits per heavy atom. The van der Waals surface area contributed by atoms with Crippen LogP contribution in [0.2, 0.25) is 0 Å². The molecule has 0 spiro atoms. The number of nitrogens with zero attached hydrogens (tertiary/aromatic N) is 1. The Morgan fingerprint density at radius 1 is 1.00 bits per heavy atom. The van der Waals surface area contributed by atoms with E-state index in [1.807, 2.05) is 13.8 Å². The molecule has 0 aromatic heterocycles. The lowest BCUT2D eigenvalue weighted by Crippen LogP contribution is -2.29. The topological polar surface area (TPSA) is 3.24 Å². The molecule has 0 aliphatic rings. The number of rotatable bonds is 7. The van der Waals surface area contributed by atoms with Crippen molar-refractivity contribution < 1.29 is 0 Å². The van der Waals surface area contributed by atoms with E-state index in [4.69, 9.17) is 0 Å². The predicted octanol–water partition coefficient (Wildman–Crippen LogP) is 4.32. The average Bonchev–Trinajstić information content (AvgIpc) is 2.21. The molecule has 88 valence electrons. The molecule has 0 aliphatic heterocycles. The predicted molar refractivity (Wildman–Crippen MR) is 67.9 cm³/mol. The van der Waals surface area contributed by atoms with Gasteiger partial charge in [-0.3, -0.25) is 0 Å². The fraction of sp³-hybridized carbons (Fsp3) is 1.00. The third kappa shape index (κ3) is 10.0. The largest absolute Gasteiger partial charge is 0.304 e. The molecule has 1 atom stereocenters. The van der Waals surface area contributed by atoms with E-state index in [2.05, 4.69) is 32.7 Å². The summed E-state index contributed by atoms with van der Waals surface area (Å²) in [6.45, 7) is 12.1. The summed E-state index contributed by atoms with van der Waals surface area (Å²) in [5.74, 6) is 0. The standard InChI is InChI=1S/C11H25N.C2H6/c1-5-7-8-10-12(4)11(3)9-6-2;1-2/h11H,5-10H2,1-4H3;1-2H3. The molecule has 0 aromatic rings. The molecule has 0 heterocycles. The van der Waals surface area contributed by atoms with E-state index in [1.54, 1.807) is 0 Å². The van der Waals surface area contributed by atoms with Crippen molar-refractivity contribution in [3.63, 3.8) is 0 Å². The second-order valence-electron chi connectivity index (χ2n) is 3.83. The summed E-state index contributed by atoms with van der Waals surface area (Å²) in [6, 6.07) is 0.770. The molecular weight excluding hydrogens is 170 g/mol. The smallest absolute Gasteiger partial charge is 0.00637 e. The van der Waals surface area contributed by atoms with Crippen molar-refractivity contribution >= 4 is 0 Å². The summed E-state index contributed by atoms with van der Waals surface area (Å²) >= 11 is 0. The van der Waals surface area contributed by atoms with Crippen molar-refractivity contribution in [2.75, 3.05) is 13.6 Å². The van der Waals surface area contributed by atoms with E-state index in [0.29, 0.717) is 0 Å². The summed E-state index contributed by atoms with van der Waals surface area (Å²) in [5.41, 5.74) is 0. The van der Waals surface area contributed by atoms with Crippen LogP contribution in [-0.4, -0.2) is 24.5 Å². The van der Waals surface area contributed by atoms with Gasteiger partial charge in [-0.1, -0.05) is 47.0 Å². The maximum atomic E-state index is 2.49. The van der Waals surface area contributed by atoms with Crippen molar-refractivity contribution in [2.45, 2.75) is 72.8 Å². The summed E-state index contributed by atoms with van der Waals surface area (Å²) in [4.78, 5) is 2.49. The number of hydrogen-bond donors (Lipinski definition) is 0.